The van der Waals surface area contributed by atoms with Crippen molar-refractivity contribution < 1.29 is 30.0 Å². The molecule has 4 aromatic carbocycles. The van der Waals surface area contributed by atoms with Gasteiger partial charge in [-0.2, -0.15) is 0 Å². The molecule has 16 heteroatoms. The number of aromatic nitrogens is 2. The van der Waals surface area contributed by atoms with Gasteiger partial charge in [-0.15, -0.1) is 0 Å². The third-order valence-corrected chi connectivity index (χ3v) is 14.9. The molecule has 304 valence electrons. The number of fused-ring (bicyclic) bond motifs is 2. The average Bonchev–Trinajstić information content (AvgIpc) is 3.18. The molecule has 2 aromatic heterocycles. The minimum Gasteiger partial charge on any atom is -0.370 e. The Balaban J connectivity index is 0.000000177. The summed E-state index contributed by atoms with van der Waals surface area (Å²) in [5, 5.41) is 2.07. The lowest BCUT2D eigenvalue weighted by Crippen LogP contribution is -2.34. The second kappa shape index (κ2) is 16.8. The van der Waals surface area contributed by atoms with Crippen molar-refractivity contribution in [2.24, 2.45) is 11.8 Å². The van der Waals surface area contributed by atoms with Gasteiger partial charge in [0.25, 0.3) is 0 Å². The molecule has 8 rings (SSSR count). The van der Waals surface area contributed by atoms with E-state index >= 15 is 0 Å². The maximum Gasteiger partial charge on any atom is 0.210 e. The summed E-state index contributed by atoms with van der Waals surface area (Å²) in [4.78, 5) is 12.2. The van der Waals surface area contributed by atoms with E-state index in [0.717, 1.165) is 68.4 Å². The number of piperidine rings is 2. The van der Waals surface area contributed by atoms with Crippen molar-refractivity contribution in [1.82, 2.24) is 9.97 Å². The number of pyridine rings is 2. The molecule has 0 aliphatic carbocycles. The first-order chi connectivity index (χ1) is 27.5. The summed E-state index contributed by atoms with van der Waals surface area (Å²) in [6, 6.07) is 16.1. The van der Waals surface area contributed by atoms with Crippen molar-refractivity contribution >= 4 is 87.7 Å². The van der Waals surface area contributed by atoms with Crippen molar-refractivity contribution in [2.75, 3.05) is 36.0 Å². The van der Waals surface area contributed by atoms with Crippen LogP contribution in [0.5, 0.6) is 0 Å². The molecule has 0 bridgehead atoms. The normalized spacial score (nSPS) is 15.8. The molecule has 2 aliphatic rings. The van der Waals surface area contributed by atoms with Gasteiger partial charge in [-0.05, 0) is 104 Å². The van der Waals surface area contributed by atoms with Gasteiger partial charge in [0.05, 0.1) is 37.2 Å². The molecule has 0 N–H and O–H groups in total. The lowest BCUT2D eigenvalue weighted by Gasteiger charge is -2.34. The third-order valence-electron chi connectivity index (χ3n) is 10.7. The van der Waals surface area contributed by atoms with Gasteiger partial charge < -0.3 is 9.80 Å². The first kappa shape index (κ1) is 42.0. The van der Waals surface area contributed by atoms with E-state index in [-0.39, 0.29) is 19.7 Å². The van der Waals surface area contributed by atoms with Gasteiger partial charge in [0.1, 0.15) is 27.2 Å². The fraction of sp³-hybridized carbons (Fsp3) is 0.286. The molecular formula is C42H38Cl3F3N4O4S2. The highest BCUT2D eigenvalue weighted by Gasteiger charge is 2.31. The van der Waals surface area contributed by atoms with E-state index in [4.69, 9.17) is 34.8 Å². The number of hydrogen-bond donors (Lipinski definition) is 0. The smallest absolute Gasteiger partial charge is 0.210 e. The summed E-state index contributed by atoms with van der Waals surface area (Å²) in [6.45, 7) is 7.19. The molecule has 0 spiro atoms. The number of sulfone groups is 2. The zero-order valence-corrected chi connectivity index (χ0v) is 35.3. The first-order valence-corrected chi connectivity index (χ1v) is 22.7. The highest BCUT2D eigenvalue weighted by atomic mass is 35.5. The van der Waals surface area contributed by atoms with Crippen LogP contribution >= 0.6 is 34.8 Å². The molecule has 0 radical (unpaired) electrons. The van der Waals surface area contributed by atoms with Gasteiger partial charge in [-0.3, -0.25) is 9.97 Å². The Morgan fingerprint density at radius 3 is 1.64 bits per heavy atom. The predicted molar refractivity (Wildman–Crippen MR) is 223 cm³/mol. The van der Waals surface area contributed by atoms with Crippen molar-refractivity contribution in [3.63, 3.8) is 0 Å². The number of halogens is 6. The largest absolute Gasteiger partial charge is 0.370 e. The molecule has 8 nitrogen and oxygen atoms in total. The Morgan fingerprint density at radius 1 is 0.569 bits per heavy atom. The second-order valence-corrected chi connectivity index (χ2v) is 19.9. The molecule has 0 saturated carbocycles. The summed E-state index contributed by atoms with van der Waals surface area (Å²) in [7, 11) is -8.17. The van der Waals surface area contributed by atoms with E-state index in [1.807, 2.05) is 4.90 Å². The van der Waals surface area contributed by atoms with Gasteiger partial charge in [0.15, 0.2) is 0 Å². The predicted octanol–water partition coefficient (Wildman–Crippen LogP) is 11.0. The Kier molecular flexibility index (Phi) is 12.2. The third kappa shape index (κ3) is 8.60. The van der Waals surface area contributed by atoms with Crippen molar-refractivity contribution in [1.29, 1.82) is 0 Å². The van der Waals surface area contributed by atoms with Gasteiger partial charge in [0.2, 0.25) is 19.7 Å². The zero-order chi connectivity index (χ0) is 41.5. The lowest BCUT2D eigenvalue weighted by molar-refractivity contribution is 0.437. The number of nitrogens with zero attached hydrogens (tertiary/aromatic N) is 4. The van der Waals surface area contributed by atoms with Crippen LogP contribution < -0.4 is 9.80 Å². The number of anilines is 2. The molecule has 2 fully saturated rings. The Hall–Kier alpha value is -4.14. The Bertz CT molecular complexity index is 2740. The Morgan fingerprint density at radius 2 is 1.07 bits per heavy atom. The van der Waals surface area contributed by atoms with Crippen LogP contribution in [-0.4, -0.2) is 53.0 Å². The molecule has 0 atom stereocenters. The number of benzene rings is 4. The van der Waals surface area contributed by atoms with E-state index < -0.39 is 42.0 Å². The average molecular weight is 890 g/mol. The van der Waals surface area contributed by atoms with E-state index in [1.54, 1.807) is 36.4 Å². The second-order valence-electron chi connectivity index (χ2n) is 14.8. The lowest BCUT2D eigenvalue weighted by atomic mass is 9.98. The topological polar surface area (TPSA) is 101 Å². The first-order valence-electron chi connectivity index (χ1n) is 18.6. The summed E-state index contributed by atoms with van der Waals surface area (Å²) < 4.78 is 94.7. The molecule has 4 heterocycles. The minimum atomic E-state index is -4.21. The van der Waals surface area contributed by atoms with Crippen molar-refractivity contribution in [3.05, 3.63) is 118 Å². The van der Waals surface area contributed by atoms with Crippen LogP contribution in [0.3, 0.4) is 0 Å². The van der Waals surface area contributed by atoms with Crippen LogP contribution in [-0.2, 0) is 19.7 Å². The monoisotopic (exact) mass is 888 g/mol. The summed E-state index contributed by atoms with van der Waals surface area (Å²) in [5.74, 6) is -1.44. The Labute approximate surface area is 350 Å². The van der Waals surface area contributed by atoms with Gasteiger partial charge in [-0.1, -0.05) is 48.7 Å². The highest BCUT2D eigenvalue weighted by molar-refractivity contribution is 7.92. The van der Waals surface area contributed by atoms with Crippen molar-refractivity contribution in [2.45, 2.75) is 59.1 Å². The zero-order valence-electron chi connectivity index (χ0n) is 31.4. The van der Waals surface area contributed by atoms with Crippen LogP contribution in [0.1, 0.15) is 39.5 Å². The quantitative estimate of drug-likeness (QED) is 0.152. The van der Waals surface area contributed by atoms with Gasteiger partial charge in [-0.25, -0.2) is 30.0 Å². The van der Waals surface area contributed by atoms with E-state index in [1.165, 1.54) is 18.5 Å². The van der Waals surface area contributed by atoms with E-state index in [9.17, 15) is 30.0 Å². The van der Waals surface area contributed by atoms with Crippen LogP contribution in [0.15, 0.2) is 105 Å². The van der Waals surface area contributed by atoms with Gasteiger partial charge >= 0.3 is 0 Å². The molecule has 58 heavy (non-hydrogen) atoms. The molecule has 2 saturated heterocycles. The SMILES string of the molecule is CC1CCN(c2c(S(=O)(=O)c3cc(F)cc(F)c3)cnc3ccc(Cl)cc23)CC1.CC1CCN(c2c(S(=O)(=O)c3ccc(F)c(Cl)c3)cnc3cc(Cl)ccc23)CC1. The standard InChI is InChI=1S/C21H19Cl2FN2O2S.C21H19ClF2N2O2S/c1-13-6-8-26(9-7-13)21-16-4-2-14(22)10-19(16)25-12-20(21)29(27,28)15-3-5-18(24)17(23)11-15;1-13-4-6-26(7-5-13)21-18-8-14(22)2-3-19(18)25-12-20(21)29(27,28)17-10-15(23)9-16(24)11-17/h2-5,10-13H,6-9H2,1H3;2-3,8-13H,4-7H2,1H3. The fourth-order valence-electron chi connectivity index (χ4n) is 7.36. The molecular weight excluding hydrogens is 852 g/mol. The van der Waals surface area contributed by atoms with Crippen molar-refractivity contribution in [3.8, 4) is 0 Å². The number of hydrogen-bond acceptors (Lipinski definition) is 8. The fourth-order valence-corrected chi connectivity index (χ4v) is 10.9. The van der Waals surface area contributed by atoms with Gasteiger partial charge in [0, 0.05) is 65.5 Å². The molecule has 6 aromatic rings. The molecule has 2 aliphatic heterocycles. The highest BCUT2D eigenvalue weighted by Crippen LogP contribution is 2.40. The van der Waals surface area contributed by atoms with Crippen LogP contribution in [0, 0.1) is 29.3 Å². The minimum absolute atomic E-state index is 0.0642. The van der Waals surface area contributed by atoms with E-state index in [2.05, 4.69) is 28.7 Å². The molecule has 0 amide bonds. The maximum absolute atomic E-state index is 13.7. The summed E-state index contributed by atoms with van der Waals surface area (Å²) in [5.41, 5.74) is 2.32. The molecule has 0 unspecified atom stereocenters. The van der Waals surface area contributed by atoms with Crippen LogP contribution in [0.2, 0.25) is 15.1 Å². The number of rotatable bonds is 6. The summed E-state index contributed by atoms with van der Waals surface area (Å²) in [6.07, 6.45) is 6.40. The van der Waals surface area contributed by atoms with Crippen LogP contribution in [0.4, 0.5) is 24.5 Å². The van der Waals surface area contributed by atoms with E-state index in [0.29, 0.717) is 68.8 Å². The summed E-state index contributed by atoms with van der Waals surface area (Å²) >= 11 is 18.1. The van der Waals surface area contributed by atoms with Crippen LogP contribution in [0.25, 0.3) is 21.8 Å². The maximum atomic E-state index is 13.7.